The summed E-state index contributed by atoms with van der Waals surface area (Å²) >= 11 is 0.735. The van der Waals surface area contributed by atoms with Crippen molar-refractivity contribution in [3.05, 3.63) is 76.6 Å². The van der Waals surface area contributed by atoms with Crippen LogP contribution in [0.4, 0.5) is 10.5 Å². The Bertz CT molecular complexity index is 1430. The van der Waals surface area contributed by atoms with E-state index < -0.39 is 29.6 Å². The molecule has 0 bridgehead atoms. The number of anilines is 1. The molecule has 1 fully saturated rings. The van der Waals surface area contributed by atoms with Crippen LogP contribution in [0.2, 0.25) is 0 Å². The number of aromatic carboxylic acids is 1. The molecule has 2 aromatic carbocycles. The maximum atomic E-state index is 12.9. The molecule has 3 aromatic rings. The number of benzene rings is 2. The van der Waals surface area contributed by atoms with Crippen molar-refractivity contribution in [2.24, 2.45) is 0 Å². The van der Waals surface area contributed by atoms with Gasteiger partial charge in [-0.3, -0.25) is 19.3 Å². The molecule has 0 radical (unpaired) electrons. The van der Waals surface area contributed by atoms with Gasteiger partial charge in [-0.25, -0.2) is 4.79 Å². The molecule has 1 aliphatic rings. The molecule has 39 heavy (non-hydrogen) atoms. The number of ether oxygens (including phenoxy) is 3. The molecular weight excluding hydrogens is 528 g/mol. The number of nitrogens with one attached hydrogen (secondary N) is 1. The summed E-state index contributed by atoms with van der Waals surface area (Å²) in [7, 11) is 1.53. The van der Waals surface area contributed by atoms with Gasteiger partial charge in [-0.15, -0.1) is 0 Å². The fourth-order valence-corrected chi connectivity index (χ4v) is 4.37. The van der Waals surface area contributed by atoms with Gasteiger partial charge in [0, 0.05) is 5.69 Å². The molecule has 2 N–H and O–H groups in total. The molecular formula is C27H24N2O9S. The number of carbonyl (C=O) groups is 4. The van der Waals surface area contributed by atoms with Gasteiger partial charge in [0.2, 0.25) is 11.7 Å². The summed E-state index contributed by atoms with van der Waals surface area (Å²) in [5.74, 6) is -0.758. The Kier molecular flexibility index (Phi) is 8.56. The van der Waals surface area contributed by atoms with Crippen LogP contribution in [0, 0.1) is 0 Å². The van der Waals surface area contributed by atoms with Gasteiger partial charge < -0.3 is 29.1 Å². The van der Waals surface area contributed by atoms with Crippen LogP contribution in [-0.4, -0.2) is 53.3 Å². The number of hydrogen-bond donors (Lipinski definition) is 2. The van der Waals surface area contributed by atoms with Crippen molar-refractivity contribution < 1.29 is 42.9 Å². The van der Waals surface area contributed by atoms with Crippen LogP contribution in [0.15, 0.2) is 63.9 Å². The average Bonchev–Trinajstić information content (AvgIpc) is 3.50. The summed E-state index contributed by atoms with van der Waals surface area (Å²) in [5, 5.41) is 11.1. The lowest BCUT2D eigenvalue weighted by Crippen LogP contribution is -2.36. The number of furan rings is 1. The van der Waals surface area contributed by atoms with Crippen molar-refractivity contribution in [1.82, 2.24) is 4.90 Å². The third kappa shape index (κ3) is 6.79. The third-order valence-corrected chi connectivity index (χ3v) is 6.26. The van der Waals surface area contributed by atoms with Crippen LogP contribution in [0.5, 0.6) is 17.2 Å². The van der Waals surface area contributed by atoms with Gasteiger partial charge in [0.15, 0.2) is 11.5 Å². The molecule has 202 valence electrons. The normalized spacial score (nSPS) is 14.0. The topological polar surface area (TPSA) is 145 Å². The first kappa shape index (κ1) is 27.3. The number of rotatable bonds is 11. The molecule has 4 rings (SSSR count). The molecule has 12 heteroatoms. The van der Waals surface area contributed by atoms with Crippen molar-refractivity contribution >= 4 is 46.5 Å². The lowest BCUT2D eigenvalue weighted by molar-refractivity contribution is -0.127. The van der Waals surface area contributed by atoms with E-state index >= 15 is 0 Å². The fourth-order valence-electron chi connectivity index (χ4n) is 3.53. The number of imide groups is 1. The molecule has 1 saturated heterocycles. The minimum absolute atomic E-state index is 0.0236. The lowest BCUT2D eigenvalue weighted by Gasteiger charge is -2.13. The maximum absolute atomic E-state index is 12.9. The molecule has 0 unspecified atom stereocenters. The minimum Gasteiger partial charge on any atom is -0.497 e. The minimum atomic E-state index is -1.18. The van der Waals surface area contributed by atoms with Crippen LogP contribution >= 0.6 is 11.8 Å². The van der Waals surface area contributed by atoms with Crippen LogP contribution in [0.1, 0.15) is 28.8 Å². The second-order valence-electron chi connectivity index (χ2n) is 8.04. The number of carbonyl (C=O) groups excluding carboxylic acids is 3. The Morgan fingerprint density at radius 1 is 1.05 bits per heavy atom. The average molecular weight is 553 g/mol. The third-order valence-electron chi connectivity index (χ3n) is 5.36. The van der Waals surface area contributed by atoms with Crippen molar-refractivity contribution in [1.29, 1.82) is 0 Å². The zero-order valence-corrected chi connectivity index (χ0v) is 21.8. The van der Waals surface area contributed by atoms with E-state index in [0.717, 1.165) is 16.7 Å². The van der Waals surface area contributed by atoms with Crippen molar-refractivity contribution in [3.63, 3.8) is 0 Å². The quantitative estimate of drug-likeness (QED) is 0.323. The standard InChI is InChI=1S/C27H24N2O9S/c1-3-36-22-12-16(4-10-20(22)37-15-19-9-11-21(38-19)26(32)33)13-23-25(31)29(27(34)39-23)14-24(30)28-17-5-7-18(35-2)8-6-17/h4-13H,3,14-15H2,1-2H3,(H,28,30)(H,32,33). The summed E-state index contributed by atoms with van der Waals surface area (Å²) in [5.41, 5.74) is 1.08. The largest absolute Gasteiger partial charge is 0.497 e. The lowest BCUT2D eigenvalue weighted by atomic mass is 10.2. The second kappa shape index (κ2) is 12.2. The summed E-state index contributed by atoms with van der Waals surface area (Å²) in [4.78, 5) is 49.8. The Morgan fingerprint density at radius 2 is 1.82 bits per heavy atom. The van der Waals surface area contributed by atoms with E-state index in [2.05, 4.69) is 5.32 Å². The molecule has 0 aliphatic carbocycles. The van der Waals surface area contributed by atoms with Crippen molar-refractivity contribution in [2.75, 3.05) is 25.6 Å². The number of amides is 3. The van der Waals surface area contributed by atoms with Crippen LogP contribution in [0.3, 0.4) is 0 Å². The summed E-state index contributed by atoms with van der Waals surface area (Å²) in [6, 6.07) is 14.4. The monoisotopic (exact) mass is 552 g/mol. The fraction of sp³-hybridized carbons (Fsp3) is 0.185. The molecule has 11 nitrogen and oxygen atoms in total. The van der Waals surface area contributed by atoms with E-state index in [1.54, 1.807) is 49.4 Å². The van der Waals surface area contributed by atoms with Crippen LogP contribution in [-0.2, 0) is 16.2 Å². The second-order valence-corrected chi connectivity index (χ2v) is 9.04. The molecule has 0 spiro atoms. The highest BCUT2D eigenvalue weighted by Gasteiger charge is 2.36. The smallest absolute Gasteiger partial charge is 0.371 e. The first-order chi connectivity index (χ1) is 18.8. The highest BCUT2D eigenvalue weighted by molar-refractivity contribution is 8.18. The first-order valence-corrected chi connectivity index (χ1v) is 12.5. The number of thioether (sulfide) groups is 1. The number of hydrogen-bond acceptors (Lipinski definition) is 9. The van der Waals surface area contributed by atoms with Gasteiger partial charge in [0.05, 0.1) is 18.6 Å². The van der Waals surface area contributed by atoms with E-state index in [0.29, 0.717) is 40.9 Å². The number of nitrogens with zero attached hydrogens (tertiary/aromatic N) is 1. The van der Waals surface area contributed by atoms with Crippen LogP contribution < -0.4 is 19.5 Å². The highest BCUT2D eigenvalue weighted by Crippen LogP contribution is 2.35. The Hall–Kier alpha value is -4.71. The highest BCUT2D eigenvalue weighted by atomic mass is 32.2. The number of carboxylic acid groups (broad SMARTS) is 1. The molecule has 0 saturated carbocycles. The van der Waals surface area contributed by atoms with E-state index in [1.807, 2.05) is 0 Å². The number of carboxylic acids is 1. The zero-order valence-electron chi connectivity index (χ0n) is 21.0. The first-order valence-electron chi connectivity index (χ1n) is 11.7. The van der Waals surface area contributed by atoms with E-state index in [-0.39, 0.29) is 17.3 Å². The van der Waals surface area contributed by atoms with E-state index in [4.69, 9.17) is 23.7 Å². The van der Waals surface area contributed by atoms with Gasteiger partial charge in [-0.2, -0.15) is 0 Å². The summed E-state index contributed by atoms with van der Waals surface area (Å²) in [6.45, 7) is 1.68. The predicted octanol–water partition coefficient (Wildman–Crippen LogP) is 4.64. The Labute approximate surface area is 227 Å². The molecule has 3 amide bonds. The van der Waals surface area contributed by atoms with Gasteiger partial charge >= 0.3 is 5.97 Å². The van der Waals surface area contributed by atoms with Gasteiger partial charge in [0.1, 0.15) is 24.7 Å². The van der Waals surface area contributed by atoms with Crippen LogP contribution in [0.25, 0.3) is 6.08 Å². The maximum Gasteiger partial charge on any atom is 0.371 e. The molecule has 0 atom stereocenters. The molecule has 2 heterocycles. The zero-order chi connectivity index (χ0) is 27.9. The van der Waals surface area contributed by atoms with Crippen molar-refractivity contribution in [2.45, 2.75) is 13.5 Å². The SMILES string of the molecule is CCOc1cc(C=C2SC(=O)N(CC(=O)Nc3ccc(OC)cc3)C2=O)ccc1OCc1ccc(C(=O)O)o1. The van der Waals surface area contributed by atoms with E-state index in [9.17, 15) is 19.2 Å². The molecule has 1 aromatic heterocycles. The Balaban J connectivity index is 1.42. The Morgan fingerprint density at radius 3 is 2.49 bits per heavy atom. The summed E-state index contributed by atoms with van der Waals surface area (Å²) < 4.78 is 21.7. The number of methoxy groups -OCH3 is 1. The van der Waals surface area contributed by atoms with Gasteiger partial charge in [-0.1, -0.05) is 6.07 Å². The van der Waals surface area contributed by atoms with Gasteiger partial charge in [-0.05, 0) is 78.9 Å². The molecule has 1 aliphatic heterocycles. The predicted molar refractivity (Wildman–Crippen MR) is 142 cm³/mol. The van der Waals surface area contributed by atoms with E-state index in [1.165, 1.54) is 25.3 Å². The summed E-state index contributed by atoms with van der Waals surface area (Å²) in [6.07, 6.45) is 1.53. The van der Waals surface area contributed by atoms with Gasteiger partial charge in [0.25, 0.3) is 11.1 Å². The van der Waals surface area contributed by atoms with Crippen molar-refractivity contribution in [3.8, 4) is 17.2 Å².